The van der Waals surface area contributed by atoms with Crippen molar-refractivity contribution in [3.63, 3.8) is 0 Å². The second-order valence-corrected chi connectivity index (χ2v) is 5.65. The number of carboxylic acids is 1. The van der Waals surface area contributed by atoms with Gasteiger partial charge in [-0.2, -0.15) is 0 Å². The van der Waals surface area contributed by atoms with Gasteiger partial charge in [0.15, 0.2) is 0 Å². The molecule has 2 aromatic rings. The predicted octanol–water partition coefficient (Wildman–Crippen LogP) is 4.05. The minimum Gasteiger partial charge on any atom is -0.488 e. The molecule has 108 valence electrons. The summed E-state index contributed by atoms with van der Waals surface area (Å²) >= 11 is 2.23. The average Bonchev–Trinajstić information content (AvgIpc) is 2.48. The quantitative estimate of drug-likeness (QED) is 0.594. The van der Waals surface area contributed by atoms with E-state index in [4.69, 9.17) is 9.84 Å². The number of halogens is 1. The molecule has 0 aliphatic rings. The van der Waals surface area contributed by atoms with Crippen LogP contribution < -0.4 is 4.74 Å². The van der Waals surface area contributed by atoms with Crippen molar-refractivity contribution in [1.29, 1.82) is 0 Å². The number of carboxylic acid groups (broad SMARTS) is 1. The van der Waals surface area contributed by atoms with Crippen molar-refractivity contribution in [2.24, 2.45) is 0 Å². The maximum atomic E-state index is 10.5. The Bertz CT molecular complexity index is 636. The molecule has 0 saturated carbocycles. The van der Waals surface area contributed by atoms with Gasteiger partial charge in [0.1, 0.15) is 12.4 Å². The van der Waals surface area contributed by atoms with E-state index in [-0.39, 0.29) is 0 Å². The fraction of sp³-hybridized carbons (Fsp3) is 0.118. The molecule has 2 rings (SSSR count). The second kappa shape index (κ2) is 7.83. The van der Waals surface area contributed by atoms with Crippen LogP contribution in [0.2, 0.25) is 0 Å². The molecular formula is C17H15IO3. The zero-order valence-electron chi connectivity index (χ0n) is 11.3. The van der Waals surface area contributed by atoms with Gasteiger partial charge in [-0.3, -0.25) is 0 Å². The SMILES string of the molecule is O=C(O)/C=C/Cc1ccc(I)c(OCc2ccccc2)c1. The summed E-state index contributed by atoms with van der Waals surface area (Å²) in [6.07, 6.45) is 3.36. The summed E-state index contributed by atoms with van der Waals surface area (Å²) in [5, 5.41) is 8.59. The summed E-state index contributed by atoms with van der Waals surface area (Å²) in [5.41, 5.74) is 2.14. The lowest BCUT2D eigenvalue weighted by Gasteiger charge is -2.10. The van der Waals surface area contributed by atoms with Crippen molar-refractivity contribution >= 4 is 28.6 Å². The molecule has 0 aliphatic heterocycles. The van der Waals surface area contributed by atoms with E-state index >= 15 is 0 Å². The first-order valence-corrected chi connectivity index (χ1v) is 7.57. The highest BCUT2D eigenvalue weighted by atomic mass is 127. The summed E-state index contributed by atoms with van der Waals surface area (Å²) in [5.74, 6) is -0.109. The molecule has 0 spiro atoms. The van der Waals surface area contributed by atoms with Gasteiger partial charge < -0.3 is 9.84 Å². The minimum absolute atomic E-state index is 0.519. The lowest BCUT2D eigenvalue weighted by Crippen LogP contribution is -1.97. The van der Waals surface area contributed by atoms with Gasteiger partial charge in [-0.15, -0.1) is 0 Å². The number of hydrogen-bond acceptors (Lipinski definition) is 2. The molecule has 0 heterocycles. The highest BCUT2D eigenvalue weighted by Gasteiger charge is 2.03. The van der Waals surface area contributed by atoms with E-state index in [0.717, 1.165) is 26.5 Å². The topological polar surface area (TPSA) is 46.5 Å². The van der Waals surface area contributed by atoms with Crippen LogP contribution in [0.4, 0.5) is 0 Å². The smallest absolute Gasteiger partial charge is 0.327 e. The van der Waals surface area contributed by atoms with Gasteiger partial charge >= 0.3 is 5.97 Å². The molecule has 0 bridgehead atoms. The first-order valence-electron chi connectivity index (χ1n) is 6.50. The maximum Gasteiger partial charge on any atom is 0.327 e. The Labute approximate surface area is 137 Å². The fourth-order valence-corrected chi connectivity index (χ4v) is 2.31. The number of rotatable bonds is 6. The van der Waals surface area contributed by atoms with Crippen molar-refractivity contribution in [1.82, 2.24) is 0 Å². The summed E-state index contributed by atoms with van der Waals surface area (Å²) in [6.45, 7) is 0.519. The second-order valence-electron chi connectivity index (χ2n) is 4.48. The largest absolute Gasteiger partial charge is 0.488 e. The Hall–Kier alpha value is -1.82. The van der Waals surface area contributed by atoms with Crippen LogP contribution in [0.15, 0.2) is 60.7 Å². The van der Waals surface area contributed by atoms with Crippen LogP contribution in [-0.4, -0.2) is 11.1 Å². The molecule has 1 N–H and O–H groups in total. The molecule has 0 radical (unpaired) electrons. The lowest BCUT2D eigenvalue weighted by atomic mass is 10.1. The number of ether oxygens (including phenoxy) is 1. The third kappa shape index (κ3) is 5.23. The molecule has 0 unspecified atom stereocenters. The van der Waals surface area contributed by atoms with Crippen molar-refractivity contribution in [3.05, 3.63) is 75.4 Å². The van der Waals surface area contributed by atoms with Crippen LogP contribution >= 0.6 is 22.6 Å². The minimum atomic E-state index is -0.930. The average molecular weight is 394 g/mol. The monoisotopic (exact) mass is 394 g/mol. The first-order chi connectivity index (χ1) is 10.1. The Morgan fingerprint density at radius 2 is 1.90 bits per heavy atom. The Kier molecular flexibility index (Phi) is 5.80. The number of aliphatic carboxylic acids is 1. The molecule has 0 atom stereocenters. The van der Waals surface area contributed by atoms with Gasteiger partial charge in [0.25, 0.3) is 0 Å². The molecule has 4 heteroatoms. The highest BCUT2D eigenvalue weighted by molar-refractivity contribution is 14.1. The van der Waals surface area contributed by atoms with Crippen LogP contribution in [0.25, 0.3) is 0 Å². The maximum absolute atomic E-state index is 10.5. The van der Waals surface area contributed by atoms with E-state index in [2.05, 4.69) is 22.6 Å². The van der Waals surface area contributed by atoms with Gasteiger partial charge in [-0.05, 0) is 52.3 Å². The highest BCUT2D eigenvalue weighted by Crippen LogP contribution is 2.23. The number of hydrogen-bond donors (Lipinski definition) is 1. The number of allylic oxidation sites excluding steroid dienone is 1. The van der Waals surface area contributed by atoms with Crippen LogP contribution in [0, 0.1) is 3.57 Å². The molecule has 0 aliphatic carbocycles. The zero-order chi connectivity index (χ0) is 15.1. The molecule has 0 fully saturated rings. The molecular weight excluding hydrogens is 379 g/mol. The predicted molar refractivity (Wildman–Crippen MR) is 90.4 cm³/mol. The van der Waals surface area contributed by atoms with Crippen molar-refractivity contribution < 1.29 is 14.6 Å². The summed E-state index contributed by atoms with van der Waals surface area (Å²) < 4.78 is 6.88. The lowest BCUT2D eigenvalue weighted by molar-refractivity contribution is -0.131. The van der Waals surface area contributed by atoms with Crippen molar-refractivity contribution in [3.8, 4) is 5.75 Å². The zero-order valence-corrected chi connectivity index (χ0v) is 13.5. The molecule has 21 heavy (non-hydrogen) atoms. The molecule has 3 nitrogen and oxygen atoms in total. The van der Waals surface area contributed by atoms with E-state index in [1.807, 2.05) is 48.5 Å². The van der Waals surface area contributed by atoms with E-state index in [9.17, 15) is 4.79 Å². The Balaban J connectivity index is 2.03. The van der Waals surface area contributed by atoms with Crippen LogP contribution in [0.3, 0.4) is 0 Å². The van der Waals surface area contributed by atoms with E-state index < -0.39 is 5.97 Å². The van der Waals surface area contributed by atoms with Crippen molar-refractivity contribution in [2.45, 2.75) is 13.0 Å². The van der Waals surface area contributed by atoms with E-state index in [1.54, 1.807) is 6.08 Å². The Morgan fingerprint density at radius 3 is 2.62 bits per heavy atom. The van der Waals surface area contributed by atoms with Gasteiger partial charge in [0, 0.05) is 6.08 Å². The van der Waals surface area contributed by atoms with Gasteiger partial charge in [0.2, 0.25) is 0 Å². The molecule has 0 aromatic heterocycles. The normalized spacial score (nSPS) is 10.7. The van der Waals surface area contributed by atoms with Crippen LogP contribution in [-0.2, 0) is 17.8 Å². The molecule has 0 saturated heterocycles. The van der Waals surface area contributed by atoms with Gasteiger partial charge in [0.05, 0.1) is 3.57 Å². The standard InChI is InChI=1S/C17H15IO3/c18-15-10-9-13(7-4-8-17(19)20)11-16(15)21-12-14-5-2-1-3-6-14/h1-6,8-11H,7,12H2,(H,19,20)/b8-4+. The van der Waals surface area contributed by atoms with Gasteiger partial charge in [-0.25, -0.2) is 4.79 Å². The Morgan fingerprint density at radius 1 is 1.14 bits per heavy atom. The van der Waals surface area contributed by atoms with E-state index in [0.29, 0.717) is 13.0 Å². The van der Waals surface area contributed by atoms with Crippen molar-refractivity contribution in [2.75, 3.05) is 0 Å². The molecule has 0 amide bonds. The van der Waals surface area contributed by atoms with Crippen LogP contribution in [0.5, 0.6) is 5.75 Å². The fourth-order valence-electron chi connectivity index (χ4n) is 1.82. The molecule has 2 aromatic carbocycles. The van der Waals surface area contributed by atoms with Crippen LogP contribution in [0.1, 0.15) is 11.1 Å². The van der Waals surface area contributed by atoms with Gasteiger partial charge in [-0.1, -0.05) is 42.5 Å². The third-order valence-corrected chi connectivity index (χ3v) is 3.74. The summed E-state index contributed by atoms with van der Waals surface area (Å²) in [4.78, 5) is 10.5. The number of carbonyl (C=O) groups is 1. The number of benzene rings is 2. The third-order valence-electron chi connectivity index (χ3n) is 2.85. The summed E-state index contributed by atoms with van der Waals surface area (Å²) in [7, 11) is 0. The first kappa shape index (κ1) is 15.6. The summed E-state index contributed by atoms with van der Waals surface area (Å²) in [6, 6.07) is 15.9. The van der Waals surface area contributed by atoms with E-state index in [1.165, 1.54) is 0 Å².